The van der Waals surface area contributed by atoms with Crippen LogP contribution in [0.1, 0.15) is 21.2 Å². The highest BCUT2D eigenvalue weighted by Crippen LogP contribution is 2.30. The van der Waals surface area contributed by atoms with Gasteiger partial charge in [-0.25, -0.2) is 9.07 Å². The lowest BCUT2D eigenvalue weighted by Crippen LogP contribution is -2.23. The van der Waals surface area contributed by atoms with Crippen molar-refractivity contribution in [3.63, 3.8) is 0 Å². The molecular weight excluding hydrogens is 391 g/mol. The number of carbonyl (C=O) groups excluding carboxylic acids is 1. The minimum absolute atomic E-state index is 0.191. The topological polar surface area (TPSA) is 77.1 Å². The molecule has 0 aliphatic rings. The molecule has 1 N–H and O–H groups in total. The van der Waals surface area contributed by atoms with Crippen LogP contribution in [0.4, 0.5) is 4.39 Å². The van der Waals surface area contributed by atoms with Crippen LogP contribution in [0, 0.1) is 12.7 Å². The summed E-state index contributed by atoms with van der Waals surface area (Å²) in [4.78, 5) is 14.1. The zero-order valence-electron chi connectivity index (χ0n) is 15.3. The molecule has 0 aliphatic carbocycles. The fourth-order valence-electron chi connectivity index (χ4n) is 3.17. The highest BCUT2D eigenvalue weighted by molar-refractivity contribution is 7.20. The molecule has 29 heavy (non-hydrogen) atoms. The minimum Gasteiger partial charge on any atom is -0.344 e. The maximum absolute atomic E-state index is 13.2. The molecule has 7 nitrogen and oxygen atoms in total. The number of hydrogen-bond acceptors (Lipinski definition) is 5. The van der Waals surface area contributed by atoms with Gasteiger partial charge in [-0.3, -0.25) is 9.20 Å². The molecule has 0 saturated heterocycles. The van der Waals surface area contributed by atoms with E-state index < -0.39 is 0 Å². The van der Waals surface area contributed by atoms with Gasteiger partial charge in [0.05, 0.1) is 22.8 Å². The molecule has 4 aromatic heterocycles. The molecule has 0 aliphatic heterocycles. The molecule has 1 amide bonds. The van der Waals surface area contributed by atoms with E-state index in [1.54, 1.807) is 16.8 Å². The second-order valence-electron chi connectivity index (χ2n) is 6.53. The quantitative estimate of drug-likeness (QED) is 0.496. The summed E-state index contributed by atoms with van der Waals surface area (Å²) in [6.07, 6.45) is 1.86. The van der Waals surface area contributed by atoms with Gasteiger partial charge in [0.25, 0.3) is 5.91 Å². The van der Waals surface area contributed by atoms with Crippen LogP contribution in [-0.4, -0.2) is 30.3 Å². The third-order valence-corrected chi connectivity index (χ3v) is 5.74. The van der Waals surface area contributed by atoms with Crippen LogP contribution >= 0.6 is 11.3 Å². The van der Waals surface area contributed by atoms with Gasteiger partial charge < -0.3 is 5.32 Å². The normalized spacial score (nSPS) is 11.4. The van der Waals surface area contributed by atoms with Crippen molar-refractivity contribution < 1.29 is 9.18 Å². The van der Waals surface area contributed by atoms with Gasteiger partial charge in [0.2, 0.25) is 0 Å². The number of fused-ring (bicyclic) bond motifs is 2. The van der Waals surface area contributed by atoms with Gasteiger partial charge in [-0.1, -0.05) is 6.07 Å². The Bertz CT molecular complexity index is 1350. The number of rotatable bonds is 4. The van der Waals surface area contributed by atoms with Gasteiger partial charge in [-0.2, -0.15) is 5.10 Å². The number of pyridine rings is 1. The Labute approximate surface area is 168 Å². The number of amides is 1. The van der Waals surface area contributed by atoms with Crippen molar-refractivity contribution in [3.05, 3.63) is 76.9 Å². The standard InChI is InChI=1S/C20H15FN6OS/c1-12-15-10-16(29-20(15)27(25-12)14-7-5-13(21)6-8-14)19(28)22-11-18-24-23-17-4-2-3-9-26(17)18/h2-10H,11H2,1H3,(H,22,28). The molecule has 5 rings (SSSR count). The van der Waals surface area contributed by atoms with Crippen molar-refractivity contribution in [2.45, 2.75) is 13.5 Å². The van der Waals surface area contributed by atoms with Crippen LogP contribution in [-0.2, 0) is 6.54 Å². The predicted octanol–water partition coefficient (Wildman–Crippen LogP) is 3.51. The summed E-state index contributed by atoms with van der Waals surface area (Å²) < 4.78 is 16.8. The fourth-order valence-corrected chi connectivity index (χ4v) is 4.27. The molecule has 0 fully saturated rings. The van der Waals surface area contributed by atoms with E-state index in [1.807, 2.05) is 41.8 Å². The zero-order chi connectivity index (χ0) is 20.0. The maximum Gasteiger partial charge on any atom is 0.261 e. The molecule has 0 spiro atoms. The summed E-state index contributed by atoms with van der Waals surface area (Å²) in [5.74, 6) is 0.161. The molecule has 0 bridgehead atoms. The van der Waals surface area contributed by atoms with E-state index in [0.29, 0.717) is 10.7 Å². The van der Waals surface area contributed by atoms with E-state index in [1.165, 1.54) is 23.5 Å². The smallest absolute Gasteiger partial charge is 0.261 e. The van der Waals surface area contributed by atoms with Crippen molar-refractivity contribution in [1.82, 2.24) is 29.7 Å². The SMILES string of the molecule is Cc1nn(-c2ccc(F)cc2)c2sc(C(=O)NCc3nnc4ccccn34)cc12. The molecule has 0 radical (unpaired) electrons. The van der Waals surface area contributed by atoms with Crippen LogP contribution in [0.15, 0.2) is 54.7 Å². The lowest BCUT2D eigenvalue weighted by molar-refractivity contribution is 0.0954. The Balaban J connectivity index is 1.42. The molecule has 144 valence electrons. The first-order chi connectivity index (χ1) is 14.1. The van der Waals surface area contributed by atoms with Gasteiger partial charge >= 0.3 is 0 Å². The molecule has 0 atom stereocenters. The summed E-state index contributed by atoms with van der Waals surface area (Å²) in [7, 11) is 0. The number of hydrogen-bond donors (Lipinski definition) is 1. The first kappa shape index (κ1) is 17.5. The van der Waals surface area contributed by atoms with Crippen LogP contribution in [0.5, 0.6) is 0 Å². The summed E-state index contributed by atoms with van der Waals surface area (Å²) in [5.41, 5.74) is 2.28. The van der Waals surface area contributed by atoms with Crippen LogP contribution in [0.25, 0.3) is 21.6 Å². The number of halogens is 1. The maximum atomic E-state index is 13.2. The van der Waals surface area contributed by atoms with Gasteiger partial charge in [-0.15, -0.1) is 21.5 Å². The van der Waals surface area contributed by atoms with E-state index in [0.717, 1.165) is 27.2 Å². The summed E-state index contributed by atoms with van der Waals surface area (Å²) >= 11 is 1.34. The van der Waals surface area contributed by atoms with Crippen molar-refractivity contribution in [3.8, 4) is 5.69 Å². The Morgan fingerprint density at radius 2 is 2.00 bits per heavy atom. The average molecular weight is 406 g/mol. The van der Waals surface area contributed by atoms with Crippen LogP contribution < -0.4 is 5.32 Å². The molecule has 1 aromatic carbocycles. The zero-order valence-corrected chi connectivity index (χ0v) is 16.2. The van der Waals surface area contributed by atoms with Crippen molar-refractivity contribution in [1.29, 1.82) is 0 Å². The van der Waals surface area contributed by atoms with Gasteiger partial charge in [0.15, 0.2) is 11.5 Å². The number of aryl methyl sites for hydroxylation is 1. The fraction of sp³-hybridized carbons (Fsp3) is 0.100. The number of aromatic nitrogens is 5. The predicted molar refractivity (Wildman–Crippen MR) is 108 cm³/mol. The van der Waals surface area contributed by atoms with E-state index >= 15 is 0 Å². The molecule has 0 saturated carbocycles. The number of benzene rings is 1. The van der Waals surface area contributed by atoms with Gasteiger partial charge in [0.1, 0.15) is 10.6 Å². The minimum atomic E-state index is -0.305. The number of thiophene rings is 1. The monoisotopic (exact) mass is 406 g/mol. The molecule has 9 heteroatoms. The lowest BCUT2D eigenvalue weighted by Gasteiger charge is -2.03. The molecule has 4 heterocycles. The Hall–Kier alpha value is -3.59. The Kier molecular flexibility index (Phi) is 4.09. The van der Waals surface area contributed by atoms with E-state index in [9.17, 15) is 9.18 Å². The van der Waals surface area contributed by atoms with Crippen LogP contribution in [0.2, 0.25) is 0 Å². The van der Waals surface area contributed by atoms with Crippen molar-refractivity contribution in [2.24, 2.45) is 0 Å². The Morgan fingerprint density at radius 1 is 1.17 bits per heavy atom. The van der Waals surface area contributed by atoms with Gasteiger partial charge in [0, 0.05) is 11.6 Å². The number of nitrogens with zero attached hydrogens (tertiary/aromatic N) is 5. The molecule has 0 unspecified atom stereocenters. The van der Waals surface area contributed by atoms with E-state index in [-0.39, 0.29) is 18.3 Å². The lowest BCUT2D eigenvalue weighted by atomic mass is 10.3. The largest absolute Gasteiger partial charge is 0.344 e. The Morgan fingerprint density at radius 3 is 2.83 bits per heavy atom. The molecular formula is C20H15FN6OS. The average Bonchev–Trinajstić information content (AvgIpc) is 3.42. The second-order valence-corrected chi connectivity index (χ2v) is 7.56. The highest BCUT2D eigenvalue weighted by Gasteiger charge is 2.17. The molecule has 5 aromatic rings. The van der Waals surface area contributed by atoms with Crippen molar-refractivity contribution in [2.75, 3.05) is 0 Å². The second kappa shape index (κ2) is 6.78. The highest BCUT2D eigenvalue weighted by atomic mass is 32.1. The number of carbonyl (C=O) groups is 1. The number of nitrogens with one attached hydrogen (secondary N) is 1. The van der Waals surface area contributed by atoms with Crippen LogP contribution in [0.3, 0.4) is 0 Å². The third kappa shape index (κ3) is 3.05. The summed E-state index contributed by atoms with van der Waals surface area (Å²) in [6, 6.07) is 13.6. The van der Waals surface area contributed by atoms with E-state index in [2.05, 4.69) is 20.6 Å². The third-order valence-electron chi connectivity index (χ3n) is 4.63. The summed E-state index contributed by atoms with van der Waals surface area (Å²) in [5, 5.41) is 16.5. The van der Waals surface area contributed by atoms with E-state index in [4.69, 9.17) is 0 Å². The first-order valence-corrected chi connectivity index (χ1v) is 9.74. The summed E-state index contributed by atoms with van der Waals surface area (Å²) in [6.45, 7) is 2.15. The van der Waals surface area contributed by atoms with Gasteiger partial charge in [-0.05, 0) is 49.4 Å². The van der Waals surface area contributed by atoms with Crippen molar-refractivity contribution >= 4 is 33.1 Å². The first-order valence-electron chi connectivity index (χ1n) is 8.92.